The Morgan fingerprint density at radius 2 is 2.23 bits per heavy atom. The third kappa shape index (κ3) is 3.76. The molecule has 0 N–H and O–H groups in total. The minimum absolute atomic E-state index is 0.0288. The second-order valence-electron chi connectivity index (χ2n) is 5.64. The Bertz CT molecular complexity index is 647. The molecule has 2 heterocycles. The summed E-state index contributed by atoms with van der Waals surface area (Å²) >= 11 is 6.13. The second-order valence-corrected chi connectivity index (χ2v) is 6.05. The summed E-state index contributed by atoms with van der Waals surface area (Å²) in [4.78, 5) is 12.1. The van der Waals surface area contributed by atoms with E-state index < -0.39 is 0 Å². The minimum atomic E-state index is 0.0288. The molecule has 0 radical (unpaired) electrons. The number of ketones is 1. The van der Waals surface area contributed by atoms with Crippen LogP contribution < -0.4 is 0 Å². The molecule has 4 nitrogen and oxygen atoms in total. The van der Waals surface area contributed by atoms with Crippen molar-refractivity contribution in [2.75, 3.05) is 13.2 Å². The van der Waals surface area contributed by atoms with Gasteiger partial charge in [0, 0.05) is 37.1 Å². The van der Waals surface area contributed by atoms with Gasteiger partial charge in [0.05, 0.1) is 0 Å². The second kappa shape index (κ2) is 7.07. The Balaban J connectivity index is 1.58. The largest absolute Gasteiger partial charge is 0.381 e. The standard InChI is InChI=1S/C17H18ClNO3/c18-15-4-2-1-3-13(15)9-14-10-16(19-22-14)17(20)6-5-12-7-8-21-11-12/h1-4,10,12H,5-9,11H2. The number of hydrogen-bond acceptors (Lipinski definition) is 4. The van der Waals surface area contributed by atoms with Gasteiger partial charge in [0.1, 0.15) is 11.5 Å². The van der Waals surface area contributed by atoms with E-state index in [-0.39, 0.29) is 5.78 Å². The molecular weight excluding hydrogens is 302 g/mol. The first-order valence-corrected chi connectivity index (χ1v) is 7.90. The highest BCUT2D eigenvalue weighted by molar-refractivity contribution is 6.31. The van der Waals surface area contributed by atoms with Crippen molar-refractivity contribution in [2.45, 2.75) is 25.7 Å². The molecule has 1 aromatic heterocycles. The Labute approximate surface area is 134 Å². The van der Waals surface area contributed by atoms with E-state index in [9.17, 15) is 4.79 Å². The molecule has 1 aliphatic rings. The first kappa shape index (κ1) is 15.3. The first-order valence-electron chi connectivity index (χ1n) is 7.52. The molecule has 116 valence electrons. The molecule has 5 heteroatoms. The Morgan fingerprint density at radius 1 is 1.36 bits per heavy atom. The fourth-order valence-electron chi connectivity index (χ4n) is 2.63. The van der Waals surface area contributed by atoms with Crippen molar-refractivity contribution in [2.24, 2.45) is 5.92 Å². The summed E-state index contributed by atoms with van der Waals surface area (Å²) in [7, 11) is 0. The monoisotopic (exact) mass is 319 g/mol. The van der Waals surface area contributed by atoms with Crippen LogP contribution in [0.3, 0.4) is 0 Å². The van der Waals surface area contributed by atoms with E-state index in [4.69, 9.17) is 20.9 Å². The van der Waals surface area contributed by atoms with Crippen molar-refractivity contribution in [1.82, 2.24) is 5.16 Å². The average Bonchev–Trinajstić information content (AvgIpc) is 3.19. The lowest BCUT2D eigenvalue weighted by Gasteiger charge is -2.04. The minimum Gasteiger partial charge on any atom is -0.381 e. The summed E-state index contributed by atoms with van der Waals surface area (Å²) in [5.74, 6) is 1.18. The normalized spacial score (nSPS) is 17.8. The number of carbonyl (C=O) groups excluding carboxylic acids is 1. The third-order valence-electron chi connectivity index (χ3n) is 3.97. The van der Waals surface area contributed by atoms with Crippen molar-refractivity contribution >= 4 is 17.4 Å². The number of aromatic nitrogens is 1. The number of rotatable bonds is 6. The van der Waals surface area contributed by atoms with Gasteiger partial charge in [-0.3, -0.25) is 4.79 Å². The van der Waals surface area contributed by atoms with Crippen LogP contribution in [0.1, 0.15) is 41.1 Å². The molecule has 0 aliphatic carbocycles. The summed E-state index contributed by atoms with van der Waals surface area (Å²) in [6.07, 6.45) is 2.93. The van der Waals surface area contributed by atoms with Gasteiger partial charge in [-0.15, -0.1) is 0 Å². The van der Waals surface area contributed by atoms with Gasteiger partial charge in [0.2, 0.25) is 0 Å². The van der Waals surface area contributed by atoms with Crippen molar-refractivity contribution < 1.29 is 14.1 Å². The van der Waals surface area contributed by atoms with Crippen LogP contribution in [0.4, 0.5) is 0 Å². The number of benzene rings is 1. The van der Waals surface area contributed by atoms with E-state index in [2.05, 4.69) is 5.16 Å². The maximum absolute atomic E-state index is 12.1. The molecule has 3 rings (SSSR count). The maximum Gasteiger partial charge on any atom is 0.184 e. The van der Waals surface area contributed by atoms with Gasteiger partial charge in [-0.2, -0.15) is 0 Å². The zero-order chi connectivity index (χ0) is 15.4. The summed E-state index contributed by atoms with van der Waals surface area (Å²) < 4.78 is 10.6. The third-order valence-corrected chi connectivity index (χ3v) is 4.34. The molecule has 0 amide bonds. The van der Waals surface area contributed by atoms with Crippen LogP contribution >= 0.6 is 11.6 Å². The fourth-order valence-corrected chi connectivity index (χ4v) is 2.83. The van der Waals surface area contributed by atoms with E-state index >= 15 is 0 Å². The molecule has 1 atom stereocenters. The van der Waals surface area contributed by atoms with Gasteiger partial charge in [-0.1, -0.05) is 35.0 Å². The van der Waals surface area contributed by atoms with Crippen LogP contribution in [0.25, 0.3) is 0 Å². The maximum atomic E-state index is 12.1. The van der Waals surface area contributed by atoms with Gasteiger partial charge in [-0.25, -0.2) is 0 Å². The highest BCUT2D eigenvalue weighted by atomic mass is 35.5. The van der Waals surface area contributed by atoms with Gasteiger partial charge < -0.3 is 9.26 Å². The summed E-state index contributed by atoms with van der Waals surface area (Å²) in [6, 6.07) is 9.30. The van der Waals surface area contributed by atoms with Gasteiger partial charge in [-0.05, 0) is 30.4 Å². The molecule has 1 fully saturated rings. The quantitative estimate of drug-likeness (QED) is 0.757. The number of Topliss-reactive ketones (excluding diaryl/α,β-unsaturated/α-hetero) is 1. The lowest BCUT2D eigenvalue weighted by Crippen LogP contribution is -2.05. The van der Waals surface area contributed by atoms with Crippen LogP contribution in [0, 0.1) is 5.92 Å². The number of halogens is 1. The number of hydrogen-bond donors (Lipinski definition) is 0. The lowest BCUT2D eigenvalue weighted by molar-refractivity contribution is 0.0962. The van der Waals surface area contributed by atoms with Crippen molar-refractivity contribution in [3.63, 3.8) is 0 Å². The first-order chi connectivity index (χ1) is 10.7. The molecule has 22 heavy (non-hydrogen) atoms. The summed E-state index contributed by atoms with van der Waals surface area (Å²) in [6.45, 7) is 1.58. The van der Waals surface area contributed by atoms with Crippen LogP contribution in [-0.4, -0.2) is 24.2 Å². The smallest absolute Gasteiger partial charge is 0.184 e. The zero-order valence-corrected chi connectivity index (χ0v) is 13.0. The highest BCUT2D eigenvalue weighted by Gasteiger charge is 2.19. The fraction of sp³-hybridized carbons (Fsp3) is 0.412. The average molecular weight is 320 g/mol. The van der Waals surface area contributed by atoms with Gasteiger partial charge in [0.15, 0.2) is 5.78 Å². The molecule has 1 aromatic carbocycles. The molecule has 1 aliphatic heterocycles. The van der Waals surface area contributed by atoms with Crippen LogP contribution in [-0.2, 0) is 11.2 Å². The Morgan fingerprint density at radius 3 is 3.00 bits per heavy atom. The molecule has 1 saturated heterocycles. The summed E-state index contributed by atoms with van der Waals surface area (Å²) in [5, 5.41) is 4.58. The number of ether oxygens (including phenoxy) is 1. The molecular formula is C17H18ClNO3. The molecule has 0 bridgehead atoms. The van der Waals surface area contributed by atoms with E-state index in [1.165, 1.54) is 0 Å². The lowest BCUT2D eigenvalue weighted by atomic mass is 10.00. The Kier molecular flexibility index (Phi) is 4.90. The van der Waals surface area contributed by atoms with Crippen LogP contribution in [0.5, 0.6) is 0 Å². The van der Waals surface area contributed by atoms with E-state index in [1.807, 2.05) is 24.3 Å². The number of nitrogens with zero attached hydrogens (tertiary/aromatic N) is 1. The molecule has 2 aromatic rings. The zero-order valence-electron chi connectivity index (χ0n) is 12.3. The Hall–Kier alpha value is -1.65. The highest BCUT2D eigenvalue weighted by Crippen LogP contribution is 2.21. The predicted octanol–water partition coefficient (Wildman–Crippen LogP) is 3.92. The summed E-state index contributed by atoms with van der Waals surface area (Å²) in [5.41, 5.74) is 1.36. The molecule has 0 saturated carbocycles. The number of carbonyl (C=O) groups is 1. The van der Waals surface area contributed by atoms with Crippen LogP contribution in [0.15, 0.2) is 34.9 Å². The molecule has 1 unspecified atom stereocenters. The van der Waals surface area contributed by atoms with Gasteiger partial charge in [0.25, 0.3) is 0 Å². The molecule has 0 spiro atoms. The van der Waals surface area contributed by atoms with Crippen molar-refractivity contribution in [1.29, 1.82) is 0 Å². The van der Waals surface area contributed by atoms with E-state index in [0.717, 1.165) is 31.6 Å². The predicted molar refractivity (Wildman–Crippen MR) is 83.3 cm³/mol. The van der Waals surface area contributed by atoms with E-state index in [0.29, 0.717) is 35.2 Å². The topological polar surface area (TPSA) is 52.3 Å². The van der Waals surface area contributed by atoms with Gasteiger partial charge >= 0.3 is 0 Å². The van der Waals surface area contributed by atoms with Crippen molar-refractivity contribution in [3.05, 3.63) is 52.4 Å². The SMILES string of the molecule is O=C(CCC1CCOC1)c1cc(Cc2ccccc2Cl)on1. The van der Waals surface area contributed by atoms with Crippen molar-refractivity contribution in [3.8, 4) is 0 Å². The van der Waals surface area contributed by atoms with E-state index in [1.54, 1.807) is 6.07 Å². The van der Waals surface area contributed by atoms with Crippen LogP contribution in [0.2, 0.25) is 5.02 Å².